The number of nitrogens with zero attached hydrogens (tertiary/aromatic N) is 4. The van der Waals surface area contributed by atoms with Crippen LogP contribution in [0.5, 0.6) is 0 Å². The fraction of sp³-hybridized carbons (Fsp3) is 0.556. The SMILES string of the molecule is C[C@H](NC(=O)C1=CCC2(C)C(=C1)N(C(=O)CNC1CCN(O)CC1)CC(=O)N2C1CC1)c1ccncc1. The second-order valence-electron chi connectivity index (χ2n) is 10.7. The van der Waals surface area contributed by atoms with Gasteiger partial charge < -0.3 is 25.6 Å². The van der Waals surface area contributed by atoms with Crippen molar-refractivity contribution in [2.24, 2.45) is 0 Å². The van der Waals surface area contributed by atoms with Crippen LogP contribution in [0, 0.1) is 0 Å². The standard InChI is InChI=1S/C27H36N6O4/c1-18(19-6-11-28-12-7-19)30-26(36)20-5-10-27(2)23(15-20)32(17-25(35)33(27)22-3-4-22)24(34)16-29-21-8-13-31(37)14-9-21/h5-7,11-12,15,18,21-22,29,37H,3-4,8-10,13-14,16-17H2,1-2H3,(H,30,36)/t18-,27?/m0/s1. The van der Waals surface area contributed by atoms with Crippen LogP contribution in [-0.4, -0.2) is 86.6 Å². The molecule has 2 aliphatic heterocycles. The Balaban J connectivity index is 1.34. The van der Waals surface area contributed by atoms with Crippen LogP contribution >= 0.6 is 0 Å². The van der Waals surface area contributed by atoms with E-state index in [1.54, 1.807) is 23.4 Å². The minimum Gasteiger partial charge on any atom is -0.346 e. The average Bonchev–Trinajstić information content (AvgIpc) is 3.72. The van der Waals surface area contributed by atoms with E-state index in [1.807, 2.05) is 37.0 Å². The van der Waals surface area contributed by atoms with Crippen LogP contribution in [0.3, 0.4) is 0 Å². The lowest BCUT2D eigenvalue weighted by atomic mass is 9.81. The van der Waals surface area contributed by atoms with Crippen LogP contribution < -0.4 is 10.6 Å². The molecule has 3 heterocycles. The van der Waals surface area contributed by atoms with Crippen molar-refractivity contribution >= 4 is 17.7 Å². The summed E-state index contributed by atoms with van der Waals surface area (Å²) in [5, 5.41) is 17.2. The third kappa shape index (κ3) is 5.32. The molecule has 2 saturated heterocycles. The Morgan fingerprint density at radius 2 is 1.89 bits per heavy atom. The van der Waals surface area contributed by atoms with Gasteiger partial charge in [0.25, 0.3) is 5.91 Å². The number of rotatable bonds is 7. The molecular weight excluding hydrogens is 472 g/mol. The molecule has 3 amide bonds. The minimum absolute atomic E-state index is 0.0180. The normalized spacial score (nSPS) is 25.8. The first-order valence-corrected chi connectivity index (χ1v) is 13.2. The van der Waals surface area contributed by atoms with Gasteiger partial charge in [-0.2, -0.15) is 5.06 Å². The highest BCUT2D eigenvalue weighted by Gasteiger charge is 2.53. The molecule has 37 heavy (non-hydrogen) atoms. The van der Waals surface area contributed by atoms with Crippen molar-refractivity contribution in [2.75, 3.05) is 26.2 Å². The van der Waals surface area contributed by atoms with E-state index in [2.05, 4.69) is 15.6 Å². The molecule has 1 aromatic rings. The largest absolute Gasteiger partial charge is 0.346 e. The summed E-state index contributed by atoms with van der Waals surface area (Å²) in [7, 11) is 0. The van der Waals surface area contributed by atoms with Crippen molar-refractivity contribution < 1.29 is 19.6 Å². The molecule has 0 bridgehead atoms. The smallest absolute Gasteiger partial charge is 0.251 e. The number of carbonyl (C=O) groups excluding carboxylic acids is 3. The second kappa shape index (κ2) is 10.4. The zero-order valence-corrected chi connectivity index (χ0v) is 21.5. The fourth-order valence-electron chi connectivity index (χ4n) is 5.67. The van der Waals surface area contributed by atoms with Crippen molar-refractivity contribution in [3.8, 4) is 0 Å². The lowest BCUT2D eigenvalue weighted by molar-refractivity contribution is -0.149. The van der Waals surface area contributed by atoms with Gasteiger partial charge in [-0.1, -0.05) is 6.08 Å². The highest BCUT2D eigenvalue weighted by molar-refractivity contribution is 5.98. The summed E-state index contributed by atoms with van der Waals surface area (Å²) in [4.78, 5) is 47.5. The summed E-state index contributed by atoms with van der Waals surface area (Å²) >= 11 is 0. The van der Waals surface area contributed by atoms with E-state index < -0.39 is 5.54 Å². The first-order valence-electron chi connectivity index (χ1n) is 13.2. The number of carbonyl (C=O) groups is 3. The maximum atomic E-state index is 13.4. The summed E-state index contributed by atoms with van der Waals surface area (Å²) in [6.45, 7) is 5.14. The summed E-state index contributed by atoms with van der Waals surface area (Å²) in [5.74, 6) is -0.439. The average molecular weight is 509 g/mol. The molecule has 1 saturated carbocycles. The lowest BCUT2D eigenvalue weighted by Crippen LogP contribution is -2.64. The van der Waals surface area contributed by atoms with Gasteiger partial charge in [0.2, 0.25) is 11.8 Å². The third-order valence-electron chi connectivity index (χ3n) is 7.99. The molecule has 2 atom stereocenters. The number of hydrogen-bond acceptors (Lipinski definition) is 7. The Hall–Kier alpha value is -3.08. The number of fused-ring (bicyclic) bond motifs is 1. The Morgan fingerprint density at radius 3 is 2.57 bits per heavy atom. The first-order chi connectivity index (χ1) is 17.8. The predicted octanol–water partition coefficient (Wildman–Crippen LogP) is 1.51. The van der Waals surface area contributed by atoms with E-state index in [1.165, 1.54) is 5.06 Å². The maximum absolute atomic E-state index is 13.4. The van der Waals surface area contributed by atoms with Gasteiger partial charge in [-0.3, -0.25) is 19.4 Å². The van der Waals surface area contributed by atoms with Crippen LogP contribution in [0.2, 0.25) is 0 Å². The van der Waals surface area contributed by atoms with Gasteiger partial charge in [0.05, 0.1) is 18.1 Å². The molecule has 198 valence electrons. The quantitative estimate of drug-likeness (QED) is 0.511. The van der Waals surface area contributed by atoms with E-state index in [4.69, 9.17) is 0 Å². The minimum atomic E-state index is -0.672. The van der Waals surface area contributed by atoms with Crippen molar-refractivity contribution in [2.45, 2.75) is 69.6 Å². The van der Waals surface area contributed by atoms with Crippen LogP contribution in [0.15, 0.2) is 47.9 Å². The lowest BCUT2D eigenvalue weighted by Gasteiger charge is -2.52. The van der Waals surface area contributed by atoms with Crippen molar-refractivity contribution in [1.29, 1.82) is 0 Å². The van der Waals surface area contributed by atoms with Crippen molar-refractivity contribution in [3.63, 3.8) is 0 Å². The van der Waals surface area contributed by atoms with Crippen molar-refractivity contribution in [3.05, 3.63) is 53.5 Å². The molecule has 0 aromatic carbocycles. The van der Waals surface area contributed by atoms with E-state index >= 15 is 0 Å². The topological polar surface area (TPSA) is 118 Å². The Labute approximate surface area is 217 Å². The number of pyridine rings is 1. The molecule has 5 rings (SSSR count). The van der Waals surface area contributed by atoms with Gasteiger partial charge in [-0.05, 0) is 69.7 Å². The van der Waals surface area contributed by atoms with E-state index in [-0.39, 0.29) is 48.9 Å². The summed E-state index contributed by atoms with van der Waals surface area (Å²) in [6.07, 6.45) is 11.0. The van der Waals surface area contributed by atoms with Crippen molar-refractivity contribution in [1.82, 2.24) is 30.5 Å². The molecule has 0 spiro atoms. The van der Waals surface area contributed by atoms with Gasteiger partial charge in [0, 0.05) is 48.8 Å². The molecule has 4 aliphatic rings. The van der Waals surface area contributed by atoms with Gasteiger partial charge >= 0.3 is 0 Å². The number of nitrogens with one attached hydrogen (secondary N) is 2. The highest BCUT2D eigenvalue weighted by atomic mass is 16.5. The van der Waals surface area contributed by atoms with E-state index in [0.717, 1.165) is 31.2 Å². The summed E-state index contributed by atoms with van der Waals surface area (Å²) < 4.78 is 0. The van der Waals surface area contributed by atoms with Crippen LogP contribution in [0.1, 0.15) is 57.6 Å². The van der Waals surface area contributed by atoms with E-state index in [0.29, 0.717) is 30.8 Å². The maximum Gasteiger partial charge on any atom is 0.251 e. The summed E-state index contributed by atoms with van der Waals surface area (Å²) in [6, 6.07) is 3.86. The molecule has 1 aromatic heterocycles. The van der Waals surface area contributed by atoms with Gasteiger partial charge in [0.1, 0.15) is 6.54 Å². The molecule has 2 aliphatic carbocycles. The Kier molecular flexibility index (Phi) is 7.15. The third-order valence-corrected chi connectivity index (χ3v) is 7.99. The highest BCUT2D eigenvalue weighted by Crippen LogP contribution is 2.45. The first kappa shape index (κ1) is 25.6. The summed E-state index contributed by atoms with van der Waals surface area (Å²) in [5.41, 5.74) is 1.49. The monoisotopic (exact) mass is 508 g/mol. The molecule has 0 radical (unpaired) electrons. The van der Waals surface area contributed by atoms with Gasteiger partial charge in [0.15, 0.2) is 0 Å². The number of hydrogen-bond donors (Lipinski definition) is 3. The predicted molar refractivity (Wildman–Crippen MR) is 136 cm³/mol. The van der Waals surface area contributed by atoms with Crippen LogP contribution in [0.25, 0.3) is 0 Å². The van der Waals surface area contributed by atoms with E-state index in [9.17, 15) is 19.6 Å². The second-order valence-corrected chi connectivity index (χ2v) is 10.7. The van der Waals surface area contributed by atoms with Gasteiger partial charge in [-0.15, -0.1) is 0 Å². The molecule has 10 heteroatoms. The molecule has 10 nitrogen and oxygen atoms in total. The molecule has 1 unspecified atom stereocenters. The van der Waals surface area contributed by atoms with Crippen LogP contribution in [-0.2, 0) is 14.4 Å². The Bertz CT molecular complexity index is 1110. The number of hydroxylamine groups is 2. The zero-order valence-electron chi connectivity index (χ0n) is 21.5. The van der Waals surface area contributed by atoms with Gasteiger partial charge in [-0.25, -0.2) is 0 Å². The number of aromatic nitrogens is 1. The zero-order chi connectivity index (χ0) is 26.2. The molecule has 3 fully saturated rings. The Morgan fingerprint density at radius 1 is 1.19 bits per heavy atom. The molecular formula is C27H36N6O4. The number of amides is 3. The van der Waals surface area contributed by atoms with Crippen LogP contribution in [0.4, 0.5) is 0 Å². The fourth-order valence-corrected chi connectivity index (χ4v) is 5.67. The molecule has 3 N–H and O–H groups in total. The number of piperazine rings is 1. The number of piperidine rings is 1.